The van der Waals surface area contributed by atoms with E-state index in [0.717, 1.165) is 45.1 Å². The van der Waals surface area contributed by atoms with E-state index >= 15 is 0 Å². The normalized spacial score (nSPS) is 32.5. The summed E-state index contributed by atoms with van der Waals surface area (Å²) in [5.41, 5.74) is 0. The van der Waals surface area contributed by atoms with Crippen LogP contribution in [0.1, 0.15) is 51.9 Å². The van der Waals surface area contributed by atoms with E-state index in [1.54, 1.807) is 0 Å². The molecule has 0 spiro atoms. The second-order valence-electron chi connectivity index (χ2n) is 5.41. The minimum atomic E-state index is -3.11. The van der Waals surface area contributed by atoms with Gasteiger partial charge in [-0.25, -0.2) is 13.1 Å². The van der Waals surface area contributed by atoms with Gasteiger partial charge in [-0.05, 0) is 39.2 Å². The van der Waals surface area contributed by atoms with Crippen LogP contribution < -0.4 is 10.0 Å². The molecule has 0 aromatic carbocycles. The predicted molar refractivity (Wildman–Crippen MR) is 69.4 cm³/mol. The lowest BCUT2D eigenvalue weighted by molar-refractivity contribution is 0.345. The lowest BCUT2D eigenvalue weighted by Crippen LogP contribution is -2.53. The first-order valence-corrected chi connectivity index (χ1v) is 8.39. The maximum absolute atomic E-state index is 12.3. The summed E-state index contributed by atoms with van der Waals surface area (Å²) < 4.78 is 27.4. The fourth-order valence-corrected chi connectivity index (χ4v) is 4.78. The zero-order valence-electron chi connectivity index (χ0n) is 10.6. The van der Waals surface area contributed by atoms with E-state index in [9.17, 15) is 8.42 Å². The zero-order valence-corrected chi connectivity index (χ0v) is 11.4. The lowest BCUT2D eigenvalue weighted by Gasteiger charge is -2.32. The van der Waals surface area contributed by atoms with Crippen molar-refractivity contribution in [2.24, 2.45) is 0 Å². The highest BCUT2D eigenvalue weighted by molar-refractivity contribution is 7.90. The van der Waals surface area contributed by atoms with Crippen molar-refractivity contribution < 1.29 is 8.42 Å². The van der Waals surface area contributed by atoms with E-state index in [1.165, 1.54) is 6.42 Å². The second-order valence-corrected chi connectivity index (χ2v) is 7.41. The SMILES string of the molecule is CC1NCCCC1NS(=O)(=O)C1CCCCC1. The molecule has 0 radical (unpaired) electrons. The molecule has 17 heavy (non-hydrogen) atoms. The van der Waals surface area contributed by atoms with Gasteiger partial charge in [-0.1, -0.05) is 19.3 Å². The Kier molecular flexibility index (Phi) is 4.44. The van der Waals surface area contributed by atoms with Crippen molar-refractivity contribution in [1.82, 2.24) is 10.0 Å². The number of piperidine rings is 1. The molecule has 1 saturated carbocycles. The molecule has 0 amide bonds. The molecule has 2 unspecified atom stereocenters. The zero-order chi connectivity index (χ0) is 12.3. The van der Waals surface area contributed by atoms with Crippen molar-refractivity contribution in [3.63, 3.8) is 0 Å². The quantitative estimate of drug-likeness (QED) is 0.806. The average Bonchev–Trinajstić information content (AvgIpc) is 2.33. The molecule has 0 bridgehead atoms. The molecule has 2 fully saturated rings. The molecule has 2 aliphatic rings. The Morgan fingerprint density at radius 2 is 1.76 bits per heavy atom. The summed E-state index contributed by atoms with van der Waals surface area (Å²) in [7, 11) is -3.11. The monoisotopic (exact) mass is 260 g/mol. The van der Waals surface area contributed by atoms with Crippen molar-refractivity contribution in [2.75, 3.05) is 6.54 Å². The largest absolute Gasteiger partial charge is 0.313 e. The summed E-state index contributed by atoms with van der Waals surface area (Å²) >= 11 is 0. The van der Waals surface area contributed by atoms with Crippen LogP contribution in [0.2, 0.25) is 0 Å². The Balaban J connectivity index is 1.95. The molecule has 1 aliphatic heterocycles. The minimum Gasteiger partial charge on any atom is -0.313 e. The molecule has 4 nitrogen and oxygen atoms in total. The number of hydrogen-bond donors (Lipinski definition) is 2. The van der Waals surface area contributed by atoms with Gasteiger partial charge in [0, 0.05) is 12.1 Å². The van der Waals surface area contributed by atoms with E-state index in [1.807, 2.05) is 0 Å². The highest BCUT2D eigenvalue weighted by atomic mass is 32.2. The highest BCUT2D eigenvalue weighted by Gasteiger charge is 2.31. The van der Waals surface area contributed by atoms with Crippen LogP contribution in [-0.4, -0.2) is 32.3 Å². The summed E-state index contributed by atoms with van der Waals surface area (Å²) in [6.45, 7) is 3.07. The van der Waals surface area contributed by atoms with Gasteiger partial charge in [0.05, 0.1) is 5.25 Å². The van der Waals surface area contributed by atoms with E-state index in [2.05, 4.69) is 17.0 Å². The van der Waals surface area contributed by atoms with Gasteiger partial charge < -0.3 is 5.32 Å². The molecule has 2 atom stereocenters. The third kappa shape index (κ3) is 3.42. The highest BCUT2D eigenvalue weighted by Crippen LogP contribution is 2.24. The number of hydrogen-bond acceptors (Lipinski definition) is 3. The smallest absolute Gasteiger partial charge is 0.214 e. The van der Waals surface area contributed by atoms with E-state index < -0.39 is 10.0 Å². The second kappa shape index (κ2) is 5.67. The van der Waals surface area contributed by atoms with E-state index in [4.69, 9.17) is 0 Å². The number of sulfonamides is 1. The molecular formula is C12H24N2O2S. The van der Waals surface area contributed by atoms with Crippen LogP contribution in [0, 0.1) is 0 Å². The van der Waals surface area contributed by atoms with Gasteiger partial charge in [-0.2, -0.15) is 0 Å². The summed E-state index contributed by atoms with van der Waals surface area (Å²) in [5.74, 6) is 0. The van der Waals surface area contributed by atoms with Crippen LogP contribution in [-0.2, 0) is 10.0 Å². The summed E-state index contributed by atoms with van der Waals surface area (Å²) in [4.78, 5) is 0. The lowest BCUT2D eigenvalue weighted by atomic mass is 10.0. The molecule has 1 aliphatic carbocycles. The standard InChI is InChI=1S/C12H24N2O2S/c1-10-12(8-5-9-13-10)14-17(15,16)11-6-3-2-4-7-11/h10-14H,2-9H2,1H3. The van der Waals surface area contributed by atoms with Gasteiger partial charge in [0.1, 0.15) is 0 Å². The van der Waals surface area contributed by atoms with E-state index in [0.29, 0.717) is 0 Å². The fraction of sp³-hybridized carbons (Fsp3) is 1.00. The van der Waals surface area contributed by atoms with Gasteiger partial charge >= 0.3 is 0 Å². The van der Waals surface area contributed by atoms with Crippen molar-refractivity contribution in [3.05, 3.63) is 0 Å². The van der Waals surface area contributed by atoms with Crippen LogP contribution in [0.25, 0.3) is 0 Å². The summed E-state index contributed by atoms with van der Waals surface area (Å²) in [6, 6.07) is 0.331. The van der Waals surface area contributed by atoms with Gasteiger partial charge in [0.2, 0.25) is 10.0 Å². The van der Waals surface area contributed by atoms with Crippen LogP contribution >= 0.6 is 0 Å². The molecule has 0 aromatic heterocycles. The van der Waals surface area contributed by atoms with Gasteiger partial charge in [-0.15, -0.1) is 0 Å². The number of rotatable bonds is 3. The van der Waals surface area contributed by atoms with Crippen molar-refractivity contribution in [1.29, 1.82) is 0 Å². The Labute approximate surface area is 105 Å². The Bertz CT molecular complexity index is 336. The number of nitrogens with one attached hydrogen (secondary N) is 2. The maximum atomic E-state index is 12.3. The first-order valence-electron chi connectivity index (χ1n) is 6.84. The molecule has 1 saturated heterocycles. The van der Waals surface area contributed by atoms with Crippen molar-refractivity contribution in [2.45, 2.75) is 69.2 Å². The molecular weight excluding hydrogens is 236 g/mol. The molecule has 100 valence electrons. The van der Waals surface area contributed by atoms with Gasteiger partial charge in [0.25, 0.3) is 0 Å². The fourth-order valence-electron chi connectivity index (χ4n) is 2.89. The Morgan fingerprint density at radius 3 is 2.41 bits per heavy atom. The first kappa shape index (κ1) is 13.3. The summed E-state index contributed by atoms with van der Waals surface area (Å²) in [6.07, 6.45) is 7.00. The molecule has 1 heterocycles. The molecule has 0 aromatic rings. The molecule has 2 rings (SSSR count). The molecule has 5 heteroatoms. The van der Waals surface area contributed by atoms with Crippen LogP contribution in [0.4, 0.5) is 0 Å². The summed E-state index contributed by atoms with van der Waals surface area (Å²) in [5, 5.41) is 3.18. The maximum Gasteiger partial charge on any atom is 0.214 e. The predicted octanol–water partition coefficient (Wildman–Crippen LogP) is 1.38. The third-order valence-corrected chi connectivity index (χ3v) is 6.05. The van der Waals surface area contributed by atoms with Crippen molar-refractivity contribution in [3.8, 4) is 0 Å². The minimum absolute atomic E-state index is 0.0793. The van der Waals surface area contributed by atoms with Crippen LogP contribution in [0.15, 0.2) is 0 Å². The average molecular weight is 260 g/mol. The van der Waals surface area contributed by atoms with Crippen LogP contribution in [0.3, 0.4) is 0 Å². The molecule has 2 N–H and O–H groups in total. The van der Waals surface area contributed by atoms with Crippen molar-refractivity contribution >= 4 is 10.0 Å². The van der Waals surface area contributed by atoms with E-state index in [-0.39, 0.29) is 17.3 Å². The topological polar surface area (TPSA) is 58.2 Å². The van der Waals surface area contributed by atoms with Gasteiger partial charge in [-0.3, -0.25) is 0 Å². The Morgan fingerprint density at radius 1 is 1.06 bits per heavy atom. The third-order valence-electron chi connectivity index (χ3n) is 4.07. The Hall–Kier alpha value is -0.130. The van der Waals surface area contributed by atoms with Crippen LogP contribution in [0.5, 0.6) is 0 Å². The first-order chi connectivity index (χ1) is 8.09. The van der Waals surface area contributed by atoms with Gasteiger partial charge in [0.15, 0.2) is 0 Å².